The van der Waals surface area contributed by atoms with Gasteiger partial charge in [0.25, 0.3) is 0 Å². The molecule has 1 aromatic heterocycles. The van der Waals surface area contributed by atoms with Crippen LogP contribution >= 0.6 is 39.3 Å². The fourth-order valence-corrected chi connectivity index (χ4v) is 3.64. The van der Waals surface area contributed by atoms with Gasteiger partial charge in [0.15, 0.2) is 0 Å². The highest BCUT2D eigenvalue weighted by molar-refractivity contribution is 9.10. The van der Waals surface area contributed by atoms with E-state index in [4.69, 9.17) is 11.6 Å². The first-order chi connectivity index (χ1) is 9.47. The van der Waals surface area contributed by atoms with E-state index in [1.807, 2.05) is 38.2 Å². The molecule has 0 aliphatic heterocycles. The number of halogens is 2. The van der Waals surface area contributed by atoms with Gasteiger partial charge in [0.2, 0.25) is 0 Å². The fourth-order valence-electron chi connectivity index (χ4n) is 1.95. The van der Waals surface area contributed by atoms with Crippen LogP contribution < -0.4 is 0 Å². The molecule has 0 fully saturated rings. The highest BCUT2D eigenvalue weighted by atomic mass is 79.9. The maximum atomic E-state index is 10.2. The van der Waals surface area contributed by atoms with Gasteiger partial charge in [0, 0.05) is 34.2 Å². The SMILES string of the molecule is Cc1nn(C)c(Cl)c1CC(O)CSc1cccc(Br)c1. The van der Waals surface area contributed by atoms with Gasteiger partial charge in [0.05, 0.1) is 11.8 Å². The number of thioether (sulfide) groups is 1. The summed E-state index contributed by atoms with van der Waals surface area (Å²) in [5, 5.41) is 15.0. The van der Waals surface area contributed by atoms with Gasteiger partial charge in [-0.15, -0.1) is 11.8 Å². The molecule has 0 amide bonds. The molecule has 20 heavy (non-hydrogen) atoms. The summed E-state index contributed by atoms with van der Waals surface area (Å²) in [5.74, 6) is 0.626. The van der Waals surface area contributed by atoms with E-state index in [1.165, 1.54) is 0 Å². The molecule has 1 N–H and O–H groups in total. The van der Waals surface area contributed by atoms with Crippen LogP contribution in [0.15, 0.2) is 33.6 Å². The Balaban J connectivity index is 1.94. The van der Waals surface area contributed by atoms with Crippen LogP contribution in [-0.2, 0) is 13.5 Å². The van der Waals surface area contributed by atoms with Crippen LogP contribution in [-0.4, -0.2) is 26.7 Å². The number of aliphatic hydroxyl groups is 1. The minimum absolute atomic E-state index is 0.445. The topological polar surface area (TPSA) is 38.0 Å². The second-order valence-electron chi connectivity index (χ2n) is 4.60. The quantitative estimate of drug-likeness (QED) is 0.807. The molecule has 0 saturated carbocycles. The Hall–Kier alpha value is -0.490. The lowest BCUT2D eigenvalue weighted by molar-refractivity contribution is 0.200. The first kappa shape index (κ1) is 15.9. The van der Waals surface area contributed by atoms with E-state index in [1.54, 1.807) is 16.4 Å². The van der Waals surface area contributed by atoms with Crippen molar-refractivity contribution in [3.05, 3.63) is 45.1 Å². The van der Waals surface area contributed by atoms with Crippen LogP contribution in [0, 0.1) is 6.92 Å². The molecule has 0 aliphatic carbocycles. The summed E-state index contributed by atoms with van der Waals surface area (Å²) < 4.78 is 2.68. The molecule has 0 aliphatic rings. The van der Waals surface area contributed by atoms with Gasteiger partial charge < -0.3 is 5.11 Å². The average Bonchev–Trinajstić information content (AvgIpc) is 2.63. The van der Waals surface area contributed by atoms with Gasteiger partial charge in [0.1, 0.15) is 5.15 Å². The molecule has 1 atom stereocenters. The van der Waals surface area contributed by atoms with Crippen LogP contribution in [0.2, 0.25) is 5.15 Å². The van der Waals surface area contributed by atoms with Crippen molar-refractivity contribution in [2.75, 3.05) is 5.75 Å². The molecular weight excluding hydrogens is 360 g/mol. The zero-order chi connectivity index (χ0) is 14.7. The van der Waals surface area contributed by atoms with Gasteiger partial charge in [-0.25, -0.2) is 0 Å². The normalized spacial score (nSPS) is 12.7. The standard InChI is InChI=1S/C14H16BrClN2OS/c1-9-13(14(16)18(2)17-9)7-11(19)8-20-12-5-3-4-10(15)6-12/h3-6,11,19H,7-8H2,1-2H3. The number of benzene rings is 1. The third-order valence-corrected chi connectivity index (χ3v) is 5.05. The second-order valence-corrected chi connectivity index (χ2v) is 6.97. The molecule has 2 aromatic rings. The largest absolute Gasteiger partial charge is 0.392 e. The van der Waals surface area contributed by atoms with Crippen molar-refractivity contribution in [3.63, 3.8) is 0 Å². The van der Waals surface area contributed by atoms with Crippen molar-refractivity contribution in [1.29, 1.82) is 0 Å². The van der Waals surface area contributed by atoms with Crippen molar-refractivity contribution in [3.8, 4) is 0 Å². The van der Waals surface area contributed by atoms with E-state index in [-0.39, 0.29) is 0 Å². The Morgan fingerprint density at radius 1 is 1.50 bits per heavy atom. The molecule has 2 rings (SSSR count). The van der Waals surface area contributed by atoms with Crippen molar-refractivity contribution in [1.82, 2.24) is 9.78 Å². The van der Waals surface area contributed by atoms with Crippen LogP contribution in [0.3, 0.4) is 0 Å². The van der Waals surface area contributed by atoms with Gasteiger partial charge in [-0.05, 0) is 25.1 Å². The van der Waals surface area contributed by atoms with Crippen molar-refractivity contribution < 1.29 is 5.11 Å². The molecule has 1 heterocycles. The Bertz CT molecular complexity index is 603. The highest BCUT2D eigenvalue weighted by Crippen LogP contribution is 2.25. The van der Waals surface area contributed by atoms with E-state index in [9.17, 15) is 5.11 Å². The summed E-state index contributed by atoms with van der Waals surface area (Å²) in [6.07, 6.45) is 0.0823. The number of rotatable bonds is 5. The lowest BCUT2D eigenvalue weighted by Crippen LogP contribution is -2.14. The van der Waals surface area contributed by atoms with Crippen LogP contribution in [0.4, 0.5) is 0 Å². The molecular formula is C14H16BrClN2OS. The minimum Gasteiger partial charge on any atom is -0.392 e. The van der Waals surface area contributed by atoms with Crippen LogP contribution in [0.25, 0.3) is 0 Å². The number of aliphatic hydroxyl groups excluding tert-OH is 1. The number of hydrogen-bond donors (Lipinski definition) is 1. The van der Waals surface area contributed by atoms with E-state index < -0.39 is 6.10 Å². The van der Waals surface area contributed by atoms with Crippen LogP contribution in [0.5, 0.6) is 0 Å². The first-order valence-electron chi connectivity index (χ1n) is 6.21. The summed E-state index contributed by atoms with van der Waals surface area (Å²) in [6.45, 7) is 1.91. The molecule has 0 radical (unpaired) electrons. The molecule has 6 heteroatoms. The molecule has 0 bridgehead atoms. The summed E-state index contributed by atoms with van der Waals surface area (Å²) in [5.41, 5.74) is 1.81. The molecule has 3 nitrogen and oxygen atoms in total. The number of aromatic nitrogens is 2. The van der Waals surface area contributed by atoms with E-state index in [0.717, 1.165) is 20.6 Å². The maximum Gasteiger partial charge on any atom is 0.130 e. The first-order valence-corrected chi connectivity index (χ1v) is 8.37. The fraction of sp³-hybridized carbons (Fsp3) is 0.357. The molecule has 0 spiro atoms. The van der Waals surface area contributed by atoms with Gasteiger partial charge >= 0.3 is 0 Å². The summed E-state index contributed by atoms with van der Waals surface area (Å²) >= 11 is 11.2. The van der Waals surface area contributed by atoms with Gasteiger partial charge in [-0.3, -0.25) is 4.68 Å². The van der Waals surface area contributed by atoms with E-state index >= 15 is 0 Å². The Morgan fingerprint density at radius 3 is 2.85 bits per heavy atom. The zero-order valence-electron chi connectivity index (χ0n) is 11.3. The number of nitrogens with zero attached hydrogens (tertiary/aromatic N) is 2. The van der Waals surface area contributed by atoms with Crippen molar-refractivity contribution in [2.45, 2.75) is 24.3 Å². The smallest absolute Gasteiger partial charge is 0.130 e. The monoisotopic (exact) mass is 374 g/mol. The summed E-state index contributed by atoms with van der Waals surface area (Å²) in [7, 11) is 1.81. The lowest BCUT2D eigenvalue weighted by atomic mass is 10.1. The lowest BCUT2D eigenvalue weighted by Gasteiger charge is -2.10. The maximum absolute atomic E-state index is 10.2. The Labute approximate surface area is 136 Å². The third-order valence-electron chi connectivity index (χ3n) is 2.95. The number of aryl methyl sites for hydroxylation is 2. The van der Waals surface area contributed by atoms with Crippen LogP contribution in [0.1, 0.15) is 11.3 Å². The minimum atomic E-state index is -0.445. The molecule has 1 unspecified atom stereocenters. The van der Waals surface area contributed by atoms with Gasteiger partial charge in [-0.1, -0.05) is 33.6 Å². The second kappa shape index (κ2) is 6.98. The zero-order valence-corrected chi connectivity index (χ0v) is 14.5. The van der Waals surface area contributed by atoms with Gasteiger partial charge in [-0.2, -0.15) is 5.10 Å². The third kappa shape index (κ3) is 4.01. The van der Waals surface area contributed by atoms with Crippen molar-refractivity contribution >= 4 is 39.3 Å². The Kier molecular flexibility index (Phi) is 5.55. The molecule has 0 saturated heterocycles. The highest BCUT2D eigenvalue weighted by Gasteiger charge is 2.15. The van der Waals surface area contributed by atoms with E-state index in [2.05, 4.69) is 21.0 Å². The average molecular weight is 376 g/mol. The molecule has 1 aromatic carbocycles. The Morgan fingerprint density at radius 2 is 2.25 bits per heavy atom. The summed E-state index contributed by atoms with van der Waals surface area (Å²) in [4.78, 5) is 1.13. The predicted octanol–water partition coefficient (Wildman–Crippen LogP) is 3.84. The van der Waals surface area contributed by atoms with Crippen molar-refractivity contribution in [2.24, 2.45) is 7.05 Å². The van der Waals surface area contributed by atoms with E-state index in [0.29, 0.717) is 17.3 Å². The summed E-state index contributed by atoms with van der Waals surface area (Å²) in [6, 6.07) is 8.05. The number of hydrogen-bond acceptors (Lipinski definition) is 3. The predicted molar refractivity (Wildman–Crippen MR) is 87.5 cm³/mol. The molecule has 108 valence electrons.